The molecule has 2 aromatic rings. The highest BCUT2D eigenvalue weighted by molar-refractivity contribution is 5.82. The van der Waals surface area contributed by atoms with E-state index in [0.717, 1.165) is 0 Å². The van der Waals surface area contributed by atoms with Gasteiger partial charge in [-0.25, -0.2) is 15.0 Å². The molecule has 0 bridgehead atoms. The number of hydrogen-bond donors (Lipinski definition) is 4. The number of nitrogens with one attached hydrogen (secondary N) is 1. The Kier molecular flexibility index (Phi) is 5.52. The van der Waals surface area contributed by atoms with Crippen molar-refractivity contribution in [2.75, 3.05) is 11.9 Å². The minimum absolute atomic E-state index is 0.474. The summed E-state index contributed by atoms with van der Waals surface area (Å²) in [5.41, 5.74) is 2.20. The number of fused-ring (bicyclic) bond motifs is 1. The van der Waals surface area contributed by atoms with Crippen LogP contribution in [0.4, 0.5) is 5.82 Å². The van der Waals surface area contributed by atoms with Crippen molar-refractivity contribution in [2.24, 2.45) is 0 Å². The van der Waals surface area contributed by atoms with Crippen molar-refractivity contribution >= 4 is 17.0 Å². The summed E-state index contributed by atoms with van der Waals surface area (Å²) < 4.78 is 7.37. The number of ether oxygens (including phenoxy) is 1. The molecule has 3 rings (SSSR count). The summed E-state index contributed by atoms with van der Waals surface area (Å²) in [7, 11) is 0. The van der Waals surface area contributed by atoms with Crippen molar-refractivity contribution < 1.29 is 20.1 Å². The van der Waals surface area contributed by atoms with E-state index in [1.807, 2.05) is 26.8 Å². The minimum atomic E-state index is -1.31. The van der Waals surface area contributed by atoms with Crippen LogP contribution in [0.5, 0.6) is 0 Å². The molecule has 9 nitrogen and oxygen atoms in total. The van der Waals surface area contributed by atoms with Crippen LogP contribution >= 0.6 is 0 Å². The maximum atomic E-state index is 10.4. The maximum absolute atomic E-state index is 10.4. The Hall–Kier alpha value is -2.07. The van der Waals surface area contributed by atoms with Crippen molar-refractivity contribution in [3.63, 3.8) is 0 Å². The van der Waals surface area contributed by atoms with Gasteiger partial charge in [-0.05, 0) is 20.3 Å². The van der Waals surface area contributed by atoms with E-state index < -0.39 is 30.6 Å². The molecule has 0 saturated carbocycles. The highest BCUT2D eigenvalue weighted by Gasteiger charge is 2.44. The average molecular weight is 363 g/mol. The second kappa shape index (κ2) is 7.67. The van der Waals surface area contributed by atoms with Gasteiger partial charge < -0.3 is 25.4 Å². The average Bonchev–Trinajstić information content (AvgIpc) is 3.05. The van der Waals surface area contributed by atoms with E-state index in [2.05, 4.69) is 20.3 Å². The standard InChI is InChI=1S/C17H25N5O4/c1-4-10-12(23)13(24)14(25)17(26-10)22-8-21-11-15(18-6-5-9(2)3)19-7-20-16(11)22/h5,7-8,10,12-14,17,23-25H,4,6H2,1-3H3,(H,18,19,20). The van der Waals surface area contributed by atoms with Gasteiger partial charge in [0.05, 0.1) is 12.4 Å². The number of allylic oxidation sites excluding steroid dienone is 1. The third-order valence-electron chi connectivity index (χ3n) is 4.50. The number of imidazole rings is 1. The van der Waals surface area contributed by atoms with Gasteiger partial charge in [-0.15, -0.1) is 0 Å². The molecule has 1 fully saturated rings. The Morgan fingerprint density at radius 1 is 1.19 bits per heavy atom. The fourth-order valence-corrected chi connectivity index (χ4v) is 3.02. The normalized spacial score (nSPS) is 28.9. The molecule has 0 spiro atoms. The first kappa shape index (κ1) is 18.7. The largest absolute Gasteiger partial charge is 0.388 e. The van der Waals surface area contributed by atoms with Crippen LogP contribution in [0.25, 0.3) is 11.2 Å². The van der Waals surface area contributed by atoms with Crippen LogP contribution < -0.4 is 5.32 Å². The first-order chi connectivity index (χ1) is 12.4. The highest BCUT2D eigenvalue weighted by Crippen LogP contribution is 2.32. The first-order valence-corrected chi connectivity index (χ1v) is 8.68. The molecule has 0 amide bonds. The minimum Gasteiger partial charge on any atom is -0.388 e. The van der Waals surface area contributed by atoms with Gasteiger partial charge in [0.1, 0.15) is 24.6 Å². The van der Waals surface area contributed by atoms with Crippen molar-refractivity contribution in [3.05, 3.63) is 24.3 Å². The van der Waals surface area contributed by atoms with Crippen LogP contribution in [-0.2, 0) is 4.74 Å². The predicted molar refractivity (Wildman–Crippen MR) is 95.5 cm³/mol. The molecule has 5 atom stereocenters. The summed E-state index contributed by atoms with van der Waals surface area (Å²) in [6, 6.07) is 0. The summed E-state index contributed by atoms with van der Waals surface area (Å²) in [6.07, 6.45) is 0.185. The molecule has 9 heteroatoms. The van der Waals surface area contributed by atoms with Gasteiger partial charge in [0.25, 0.3) is 0 Å². The topological polar surface area (TPSA) is 126 Å². The van der Waals surface area contributed by atoms with Gasteiger partial charge in [-0.2, -0.15) is 0 Å². The second-order valence-corrected chi connectivity index (χ2v) is 6.65. The van der Waals surface area contributed by atoms with Gasteiger partial charge in [-0.3, -0.25) is 4.57 Å². The lowest BCUT2D eigenvalue weighted by Gasteiger charge is -2.40. The lowest BCUT2D eigenvalue weighted by atomic mass is 9.96. The highest BCUT2D eigenvalue weighted by atomic mass is 16.5. The van der Waals surface area contributed by atoms with Gasteiger partial charge in [0.15, 0.2) is 23.2 Å². The predicted octanol–water partition coefficient (Wildman–Crippen LogP) is 0.594. The maximum Gasteiger partial charge on any atom is 0.167 e. The molecule has 0 aliphatic carbocycles. The van der Waals surface area contributed by atoms with Crippen molar-refractivity contribution in [2.45, 2.75) is 57.8 Å². The number of rotatable bonds is 5. The van der Waals surface area contributed by atoms with Gasteiger partial charge in [0, 0.05) is 6.54 Å². The van der Waals surface area contributed by atoms with Crippen LogP contribution in [-0.4, -0.2) is 65.8 Å². The van der Waals surface area contributed by atoms with Crippen molar-refractivity contribution in [3.8, 4) is 0 Å². The Balaban J connectivity index is 1.92. The van der Waals surface area contributed by atoms with Crippen molar-refractivity contribution in [1.82, 2.24) is 19.5 Å². The fourth-order valence-electron chi connectivity index (χ4n) is 3.02. The number of anilines is 1. The summed E-state index contributed by atoms with van der Waals surface area (Å²) in [6.45, 7) is 6.47. The van der Waals surface area contributed by atoms with E-state index in [9.17, 15) is 15.3 Å². The molecule has 0 aromatic carbocycles. The molecule has 0 radical (unpaired) electrons. The third kappa shape index (κ3) is 3.43. The van der Waals surface area contributed by atoms with E-state index in [4.69, 9.17) is 4.74 Å². The monoisotopic (exact) mass is 363 g/mol. The third-order valence-corrected chi connectivity index (χ3v) is 4.50. The second-order valence-electron chi connectivity index (χ2n) is 6.65. The molecule has 3 heterocycles. The Morgan fingerprint density at radius 3 is 2.65 bits per heavy atom. The van der Waals surface area contributed by atoms with E-state index >= 15 is 0 Å². The molecule has 1 aliphatic heterocycles. The van der Waals surface area contributed by atoms with Crippen molar-refractivity contribution in [1.29, 1.82) is 0 Å². The lowest BCUT2D eigenvalue weighted by molar-refractivity contribution is -0.244. The number of aliphatic hydroxyl groups excluding tert-OH is 3. The summed E-state index contributed by atoms with van der Waals surface area (Å²) in [5.74, 6) is 0.573. The smallest absolute Gasteiger partial charge is 0.167 e. The molecule has 142 valence electrons. The molecule has 26 heavy (non-hydrogen) atoms. The van der Waals surface area contributed by atoms with Crippen LogP contribution in [0, 0.1) is 0 Å². The van der Waals surface area contributed by atoms with Crippen LogP contribution in [0.3, 0.4) is 0 Å². The zero-order valence-electron chi connectivity index (χ0n) is 15.1. The zero-order valence-corrected chi connectivity index (χ0v) is 15.1. The SMILES string of the molecule is CCC1OC(n2cnc3c(NCC=C(C)C)ncnc32)C(O)C(O)C1O. The van der Waals surface area contributed by atoms with E-state index in [-0.39, 0.29) is 0 Å². The summed E-state index contributed by atoms with van der Waals surface area (Å²) in [5, 5.41) is 33.7. The van der Waals surface area contributed by atoms with Gasteiger partial charge in [0.2, 0.25) is 0 Å². The zero-order chi connectivity index (χ0) is 18.8. The Morgan fingerprint density at radius 2 is 1.96 bits per heavy atom. The molecule has 5 unspecified atom stereocenters. The molecule has 4 N–H and O–H groups in total. The molecule has 2 aromatic heterocycles. The Labute approximate surface area is 151 Å². The van der Waals surface area contributed by atoms with E-state index in [1.54, 1.807) is 4.57 Å². The lowest BCUT2D eigenvalue weighted by Crippen LogP contribution is -2.55. The van der Waals surface area contributed by atoms with Crippen LogP contribution in [0.1, 0.15) is 33.4 Å². The number of hydrogen-bond acceptors (Lipinski definition) is 8. The number of aliphatic hydroxyl groups is 3. The van der Waals surface area contributed by atoms with Gasteiger partial charge >= 0.3 is 0 Å². The first-order valence-electron chi connectivity index (χ1n) is 8.68. The molecule has 1 saturated heterocycles. The van der Waals surface area contributed by atoms with Crippen LogP contribution in [0.2, 0.25) is 0 Å². The van der Waals surface area contributed by atoms with Gasteiger partial charge in [-0.1, -0.05) is 18.6 Å². The quantitative estimate of drug-likeness (QED) is 0.569. The van der Waals surface area contributed by atoms with Crippen LogP contribution in [0.15, 0.2) is 24.3 Å². The fraction of sp³-hybridized carbons (Fsp3) is 0.588. The number of aromatic nitrogens is 4. The Bertz CT molecular complexity index is 787. The summed E-state index contributed by atoms with van der Waals surface area (Å²) in [4.78, 5) is 12.8. The number of nitrogens with zero attached hydrogens (tertiary/aromatic N) is 4. The van der Waals surface area contributed by atoms with E-state index in [0.29, 0.717) is 29.9 Å². The summed E-state index contributed by atoms with van der Waals surface area (Å²) >= 11 is 0. The van der Waals surface area contributed by atoms with E-state index in [1.165, 1.54) is 18.2 Å². The molecule has 1 aliphatic rings. The molecular weight excluding hydrogens is 338 g/mol. The molecular formula is C17H25N5O4.